The second kappa shape index (κ2) is 10.3. The second-order valence-electron chi connectivity index (χ2n) is 5.12. The molecular weight excluding hydrogens is 306 g/mol. The Morgan fingerprint density at radius 3 is 2.71 bits per heavy atom. The van der Waals surface area contributed by atoms with E-state index in [-0.39, 0.29) is 0 Å². The minimum Gasteiger partial charge on any atom is -0.475 e. The van der Waals surface area contributed by atoms with Gasteiger partial charge in [0.2, 0.25) is 5.88 Å². The molecule has 0 amide bonds. The van der Waals surface area contributed by atoms with Crippen molar-refractivity contribution in [2.75, 3.05) is 33.9 Å². The van der Waals surface area contributed by atoms with Crippen LogP contribution in [0.5, 0.6) is 5.88 Å². The first-order valence-electron chi connectivity index (χ1n) is 7.93. The highest BCUT2D eigenvalue weighted by Gasteiger charge is 2.00. The molecule has 7 nitrogen and oxygen atoms in total. The summed E-state index contributed by atoms with van der Waals surface area (Å²) < 4.78 is 12.5. The number of rotatable bonds is 9. The molecule has 2 heterocycles. The molecule has 130 valence electrons. The number of pyridine rings is 1. The molecule has 0 fully saturated rings. The van der Waals surface area contributed by atoms with E-state index in [1.807, 2.05) is 36.7 Å². The highest BCUT2D eigenvalue weighted by molar-refractivity contribution is 5.79. The van der Waals surface area contributed by atoms with Crippen LogP contribution in [-0.2, 0) is 17.8 Å². The van der Waals surface area contributed by atoms with Crippen LogP contribution < -0.4 is 15.4 Å². The van der Waals surface area contributed by atoms with Gasteiger partial charge < -0.3 is 24.7 Å². The van der Waals surface area contributed by atoms with Gasteiger partial charge in [-0.25, -0.2) is 4.98 Å². The van der Waals surface area contributed by atoms with E-state index in [0.29, 0.717) is 25.6 Å². The number of hydrogen-bond acceptors (Lipinski definition) is 4. The lowest BCUT2D eigenvalue weighted by Crippen LogP contribution is -2.38. The van der Waals surface area contributed by atoms with E-state index in [1.165, 1.54) is 0 Å². The zero-order valence-electron chi connectivity index (χ0n) is 14.2. The summed E-state index contributed by atoms with van der Waals surface area (Å²) in [5, 5.41) is 6.55. The van der Waals surface area contributed by atoms with E-state index in [0.717, 1.165) is 24.6 Å². The van der Waals surface area contributed by atoms with Gasteiger partial charge in [-0.3, -0.25) is 4.99 Å². The molecule has 0 aromatic carbocycles. The molecule has 0 spiro atoms. The fraction of sp³-hybridized carbons (Fsp3) is 0.412. The maximum absolute atomic E-state index is 5.44. The number of nitrogens with one attached hydrogen (secondary N) is 2. The Morgan fingerprint density at radius 1 is 1.21 bits per heavy atom. The number of nitrogens with zero attached hydrogens (tertiary/aromatic N) is 3. The third-order valence-corrected chi connectivity index (χ3v) is 3.35. The molecule has 0 aliphatic rings. The molecule has 0 saturated heterocycles. The number of ether oxygens (including phenoxy) is 2. The smallest absolute Gasteiger partial charge is 0.213 e. The lowest BCUT2D eigenvalue weighted by molar-refractivity contribution is 0.143. The summed E-state index contributed by atoms with van der Waals surface area (Å²) in [5.41, 5.74) is 1.06. The van der Waals surface area contributed by atoms with Gasteiger partial charge in [-0.2, -0.15) is 0 Å². The highest BCUT2D eigenvalue weighted by atomic mass is 16.5. The van der Waals surface area contributed by atoms with Crippen LogP contribution in [0.25, 0.3) is 0 Å². The van der Waals surface area contributed by atoms with Crippen LogP contribution in [0.4, 0.5) is 0 Å². The first-order valence-corrected chi connectivity index (χ1v) is 7.93. The molecule has 0 radical (unpaired) electrons. The molecule has 0 atom stereocenters. The van der Waals surface area contributed by atoms with Crippen LogP contribution in [-0.4, -0.2) is 49.4 Å². The van der Waals surface area contributed by atoms with E-state index in [9.17, 15) is 0 Å². The zero-order chi connectivity index (χ0) is 17.0. The van der Waals surface area contributed by atoms with Crippen LogP contribution in [0.15, 0.2) is 47.8 Å². The van der Waals surface area contributed by atoms with Gasteiger partial charge >= 0.3 is 0 Å². The number of methoxy groups -OCH3 is 1. The molecule has 2 N–H and O–H groups in total. The van der Waals surface area contributed by atoms with Gasteiger partial charge in [-0.15, -0.1) is 0 Å². The summed E-state index contributed by atoms with van der Waals surface area (Å²) in [6.45, 7) is 3.39. The summed E-state index contributed by atoms with van der Waals surface area (Å²) in [7, 11) is 3.40. The molecular formula is C17H25N5O2. The number of hydrogen-bond donors (Lipinski definition) is 2. The maximum atomic E-state index is 5.44. The van der Waals surface area contributed by atoms with Gasteiger partial charge in [0.15, 0.2) is 5.96 Å². The second-order valence-corrected chi connectivity index (χ2v) is 5.12. The average Bonchev–Trinajstić information content (AvgIpc) is 3.13. The Kier molecular flexibility index (Phi) is 7.62. The number of aromatic nitrogens is 2. The van der Waals surface area contributed by atoms with Gasteiger partial charge in [0.25, 0.3) is 0 Å². The summed E-state index contributed by atoms with van der Waals surface area (Å²) >= 11 is 0. The van der Waals surface area contributed by atoms with Crippen LogP contribution in [0, 0.1) is 0 Å². The minimum atomic E-state index is 0.499. The Hall–Kier alpha value is -2.54. The summed E-state index contributed by atoms with van der Waals surface area (Å²) in [4.78, 5) is 8.48. The number of guanidine groups is 1. The standard InChI is InChI=1S/C17H25N5O2/c1-18-17(19-7-10-22-8-3-4-9-22)21-14-15-5-6-16(20-13-15)24-12-11-23-2/h3-6,8-9,13H,7,10-12,14H2,1-2H3,(H2,18,19,21). The summed E-state index contributed by atoms with van der Waals surface area (Å²) in [6.07, 6.45) is 5.88. The molecule has 2 aromatic heterocycles. The maximum Gasteiger partial charge on any atom is 0.213 e. The van der Waals surface area contributed by atoms with Crippen molar-refractivity contribution in [3.05, 3.63) is 48.4 Å². The Morgan fingerprint density at radius 2 is 2.04 bits per heavy atom. The van der Waals surface area contributed by atoms with E-state index in [4.69, 9.17) is 9.47 Å². The predicted octanol–water partition coefficient (Wildman–Crippen LogP) is 1.27. The third kappa shape index (κ3) is 6.29. The Balaban J connectivity index is 1.70. The van der Waals surface area contributed by atoms with Gasteiger partial charge in [0.1, 0.15) is 6.61 Å². The van der Waals surface area contributed by atoms with Crippen LogP contribution in [0.1, 0.15) is 5.56 Å². The predicted molar refractivity (Wildman–Crippen MR) is 94.2 cm³/mol. The minimum absolute atomic E-state index is 0.499. The van der Waals surface area contributed by atoms with E-state index < -0.39 is 0 Å². The zero-order valence-corrected chi connectivity index (χ0v) is 14.2. The Labute approximate surface area is 142 Å². The van der Waals surface area contributed by atoms with E-state index >= 15 is 0 Å². The van der Waals surface area contributed by atoms with Crippen molar-refractivity contribution >= 4 is 5.96 Å². The fourth-order valence-electron chi connectivity index (χ4n) is 2.06. The topological polar surface area (TPSA) is 72.7 Å². The quantitative estimate of drug-likeness (QED) is 0.411. The molecule has 7 heteroatoms. The lowest BCUT2D eigenvalue weighted by Gasteiger charge is -2.12. The SMILES string of the molecule is CN=C(NCCn1cccc1)NCc1ccc(OCCOC)nc1. The van der Waals surface area contributed by atoms with Gasteiger partial charge in [0.05, 0.1) is 6.61 Å². The third-order valence-electron chi connectivity index (χ3n) is 3.35. The molecule has 0 saturated carbocycles. The van der Waals surface area contributed by atoms with Crippen molar-refractivity contribution in [3.63, 3.8) is 0 Å². The molecule has 0 aliphatic carbocycles. The molecule has 2 aromatic rings. The number of aliphatic imine (C=N–C) groups is 1. The molecule has 0 unspecified atom stereocenters. The largest absolute Gasteiger partial charge is 0.475 e. The van der Waals surface area contributed by atoms with E-state index in [1.54, 1.807) is 20.4 Å². The lowest BCUT2D eigenvalue weighted by atomic mass is 10.3. The fourth-order valence-corrected chi connectivity index (χ4v) is 2.06. The van der Waals surface area contributed by atoms with E-state index in [2.05, 4.69) is 25.2 Å². The van der Waals surface area contributed by atoms with Crippen LogP contribution >= 0.6 is 0 Å². The van der Waals surface area contributed by atoms with Crippen molar-refractivity contribution in [2.45, 2.75) is 13.1 Å². The molecule has 2 rings (SSSR count). The first-order chi connectivity index (χ1) is 11.8. The molecule has 0 aliphatic heterocycles. The van der Waals surface area contributed by atoms with Crippen LogP contribution in [0.3, 0.4) is 0 Å². The van der Waals surface area contributed by atoms with Crippen molar-refractivity contribution in [1.82, 2.24) is 20.2 Å². The van der Waals surface area contributed by atoms with Gasteiger partial charge in [0, 0.05) is 58.4 Å². The Bertz CT molecular complexity index is 596. The van der Waals surface area contributed by atoms with Crippen molar-refractivity contribution in [1.29, 1.82) is 0 Å². The first kappa shape index (κ1) is 17.8. The van der Waals surface area contributed by atoms with Gasteiger partial charge in [-0.1, -0.05) is 6.07 Å². The van der Waals surface area contributed by atoms with Crippen molar-refractivity contribution in [3.8, 4) is 5.88 Å². The highest BCUT2D eigenvalue weighted by Crippen LogP contribution is 2.07. The molecule has 0 bridgehead atoms. The normalized spacial score (nSPS) is 11.3. The molecule has 24 heavy (non-hydrogen) atoms. The van der Waals surface area contributed by atoms with Crippen molar-refractivity contribution in [2.24, 2.45) is 4.99 Å². The summed E-state index contributed by atoms with van der Waals surface area (Å²) in [5.74, 6) is 1.37. The van der Waals surface area contributed by atoms with Gasteiger partial charge in [-0.05, 0) is 17.7 Å². The monoisotopic (exact) mass is 331 g/mol. The summed E-state index contributed by atoms with van der Waals surface area (Å²) in [6, 6.07) is 7.87. The average molecular weight is 331 g/mol. The van der Waals surface area contributed by atoms with Crippen LogP contribution in [0.2, 0.25) is 0 Å². The van der Waals surface area contributed by atoms with Crippen molar-refractivity contribution < 1.29 is 9.47 Å².